The number of nitrogens with zero attached hydrogens (tertiary/aromatic N) is 2. The van der Waals surface area contributed by atoms with Crippen molar-refractivity contribution < 1.29 is 23.4 Å². The minimum Gasteiger partial charge on any atom is -0.494 e. The molecule has 2 fully saturated rings. The van der Waals surface area contributed by atoms with Gasteiger partial charge in [-0.3, -0.25) is 9.20 Å². The van der Waals surface area contributed by atoms with Crippen molar-refractivity contribution in [2.24, 2.45) is 5.92 Å². The van der Waals surface area contributed by atoms with Gasteiger partial charge in [0.1, 0.15) is 11.5 Å². The number of benzene rings is 2. The average Bonchev–Trinajstić information content (AvgIpc) is 3.67. The lowest BCUT2D eigenvalue weighted by Gasteiger charge is -2.23. The molecule has 1 aliphatic carbocycles. The number of ether oxygens (including phenoxy) is 3. The van der Waals surface area contributed by atoms with Gasteiger partial charge >= 0.3 is 0 Å². The lowest BCUT2D eigenvalue weighted by Crippen LogP contribution is -2.26. The Morgan fingerprint density at radius 1 is 1.10 bits per heavy atom. The van der Waals surface area contributed by atoms with Crippen LogP contribution in [0.4, 0.5) is 10.1 Å². The van der Waals surface area contributed by atoms with E-state index in [1.807, 2.05) is 48.0 Å². The Balaban J connectivity index is 1.34. The number of hydrogen-bond acceptors (Lipinski definition) is 6. The molecule has 4 aromatic rings. The summed E-state index contributed by atoms with van der Waals surface area (Å²) in [6.45, 7) is 4.28. The van der Waals surface area contributed by atoms with E-state index >= 15 is 0 Å². The molecule has 2 aromatic carbocycles. The van der Waals surface area contributed by atoms with Gasteiger partial charge < -0.3 is 24.8 Å². The zero-order valence-electron chi connectivity index (χ0n) is 22.7. The minimum atomic E-state index is -0.497. The first-order valence-electron chi connectivity index (χ1n) is 13.7. The second kappa shape index (κ2) is 11.2. The molecule has 2 aromatic heterocycles. The van der Waals surface area contributed by atoms with E-state index in [-0.39, 0.29) is 11.7 Å². The predicted octanol–water partition coefficient (Wildman–Crippen LogP) is 5.98. The smallest absolute Gasteiger partial charge is 0.251 e. The molecule has 208 valence electrons. The van der Waals surface area contributed by atoms with E-state index in [1.165, 1.54) is 13.2 Å². The van der Waals surface area contributed by atoms with Crippen molar-refractivity contribution in [1.29, 1.82) is 0 Å². The Labute approximate surface area is 232 Å². The maximum Gasteiger partial charge on any atom is 0.251 e. The van der Waals surface area contributed by atoms with E-state index in [4.69, 9.17) is 19.2 Å². The van der Waals surface area contributed by atoms with Crippen LogP contribution in [0.5, 0.6) is 17.2 Å². The van der Waals surface area contributed by atoms with Crippen LogP contribution in [0.2, 0.25) is 0 Å². The predicted molar refractivity (Wildman–Crippen MR) is 151 cm³/mol. The molecule has 9 heteroatoms. The number of halogens is 1. The van der Waals surface area contributed by atoms with Gasteiger partial charge in [0.15, 0.2) is 17.2 Å². The van der Waals surface area contributed by atoms with Gasteiger partial charge in [-0.25, -0.2) is 9.37 Å². The topological polar surface area (TPSA) is 86.1 Å². The van der Waals surface area contributed by atoms with Crippen LogP contribution in [0.3, 0.4) is 0 Å². The van der Waals surface area contributed by atoms with Crippen LogP contribution < -0.4 is 20.1 Å². The summed E-state index contributed by atoms with van der Waals surface area (Å²) < 4.78 is 33.0. The van der Waals surface area contributed by atoms with Gasteiger partial charge in [-0.05, 0) is 68.4 Å². The molecule has 6 rings (SSSR count). The molecule has 0 spiro atoms. The first-order valence-corrected chi connectivity index (χ1v) is 13.7. The van der Waals surface area contributed by atoms with E-state index < -0.39 is 5.82 Å². The molecule has 1 saturated heterocycles. The highest BCUT2D eigenvalue weighted by Crippen LogP contribution is 2.33. The van der Waals surface area contributed by atoms with Crippen molar-refractivity contribution in [3.05, 3.63) is 71.8 Å². The van der Waals surface area contributed by atoms with Gasteiger partial charge in [0.05, 0.1) is 30.9 Å². The van der Waals surface area contributed by atoms with Crippen LogP contribution in [0.25, 0.3) is 16.9 Å². The number of aryl methyl sites for hydroxylation is 1. The number of carbonyl (C=O) groups excluding carboxylic acids is 1. The largest absolute Gasteiger partial charge is 0.494 e. The number of hydrogen-bond donors (Lipinski definition) is 2. The van der Waals surface area contributed by atoms with Crippen LogP contribution in [0.15, 0.2) is 54.9 Å². The lowest BCUT2D eigenvalue weighted by atomic mass is 10.0. The van der Waals surface area contributed by atoms with Crippen LogP contribution in [0.1, 0.15) is 41.6 Å². The molecule has 0 radical (unpaired) electrons. The fourth-order valence-corrected chi connectivity index (χ4v) is 5.08. The van der Waals surface area contributed by atoms with Gasteiger partial charge in [-0.15, -0.1) is 0 Å². The van der Waals surface area contributed by atoms with Gasteiger partial charge in [0.2, 0.25) is 0 Å². The number of methoxy groups -OCH3 is 1. The van der Waals surface area contributed by atoms with E-state index in [1.54, 1.807) is 12.1 Å². The zero-order valence-corrected chi connectivity index (χ0v) is 22.7. The van der Waals surface area contributed by atoms with E-state index in [2.05, 4.69) is 10.6 Å². The van der Waals surface area contributed by atoms with Gasteiger partial charge in [0, 0.05) is 49.1 Å². The van der Waals surface area contributed by atoms with Crippen molar-refractivity contribution in [3.8, 4) is 28.5 Å². The second-order valence-corrected chi connectivity index (χ2v) is 10.5. The van der Waals surface area contributed by atoms with Gasteiger partial charge in [-0.2, -0.15) is 0 Å². The van der Waals surface area contributed by atoms with Crippen molar-refractivity contribution in [2.45, 2.75) is 38.6 Å². The number of imidazole rings is 1. The number of rotatable bonds is 9. The van der Waals surface area contributed by atoms with Crippen LogP contribution in [-0.4, -0.2) is 48.2 Å². The molecule has 1 aliphatic heterocycles. The summed E-state index contributed by atoms with van der Waals surface area (Å²) in [4.78, 5) is 17.4. The number of nitrogens with one attached hydrogen (secondary N) is 2. The number of aromatic nitrogens is 2. The Kier molecular flexibility index (Phi) is 7.30. The molecule has 0 bridgehead atoms. The second-order valence-electron chi connectivity index (χ2n) is 10.5. The first kappa shape index (κ1) is 26.1. The number of amides is 1. The van der Waals surface area contributed by atoms with Crippen molar-refractivity contribution >= 4 is 17.2 Å². The number of anilines is 1. The molecule has 40 heavy (non-hydrogen) atoms. The number of carbonyl (C=O) groups is 1. The van der Waals surface area contributed by atoms with Crippen LogP contribution in [-0.2, 0) is 4.74 Å². The summed E-state index contributed by atoms with van der Waals surface area (Å²) in [5.41, 5.74) is 4.92. The van der Waals surface area contributed by atoms with Gasteiger partial charge in [-0.1, -0.05) is 6.07 Å². The highest BCUT2D eigenvalue weighted by Gasteiger charge is 2.24. The van der Waals surface area contributed by atoms with Crippen molar-refractivity contribution in [1.82, 2.24) is 14.7 Å². The summed E-state index contributed by atoms with van der Waals surface area (Å²) in [6, 6.07) is 12.5. The SMILES string of the molecule is COc1ccc(Oc2cc(NCC3CCOCC3)c3ncc(-c4ccc(C(=O)NC5CC5)c(C)c4)n3c2)cc1F. The summed E-state index contributed by atoms with van der Waals surface area (Å²) in [7, 11) is 1.43. The number of fused-ring (bicyclic) bond motifs is 1. The van der Waals surface area contributed by atoms with Gasteiger partial charge in [0.25, 0.3) is 5.91 Å². The summed E-state index contributed by atoms with van der Waals surface area (Å²) >= 11 is 0. The van der Waals surface area contributed by atoms with Crippen LogP contribution in [0, 0.1) is 18.7 Å². The van der Waals surface area contributed by atoms with Crippen molar-refractivity contribution in [3.63, 3.8) is 0 Å². The molecule has 3 heterocycles. The summed E-state index contributed by atoms with van der Waals surface area (Å²) in [6.07, 6.45) is 7.77. The third-order valence-corrected chi connectivity index (χ3v) is 7.54. The third kappa shape index (κ3) is 5.60. The molecule has 2 N–H and O–H groups in total. The lowest BCUT2D eigenvalue weighted by molar-refractivity contribution is 0.0699. The fourth-order valence-electron chi connectivity index (χ4n) is 5.08. The molecule has 2 aliphatic rings. The first-order chi connectivity index (χ1) is 19.5. The summed E-state index contributed by atoms with van der Waals surface area (Å²) in [5, 5.41) is 6.63. The van der Waals surface area contributed by atoms with Crippen LogP contribution >= 0.6 is 0 Å². The normalized spacial score (nSPS) is 15.7. The Bertz CT molecular complexity index is 1540. The monoisotopic (exact) mass is 544 g/mol. The highest BCUT2D eigenvalue weighted by molar-refractivity contribution is 5.96. The molecule has 0 atom stereocenters. The average molecular weight is 545 g/mol. The Morgan fingerprint density at radius 2 is 1.93 bits per heavy atom. The molecular formula is C31H33FN4O4. The standard InChI is InChI=1S/C31H33FN4O4/c1-19-13-21(3-7-25(19)31(37)35-22-4-5-22)28-17-34-30-27(33-16-20-9-11-39-12-10-20)15-24(18-36(28)30)40-23-6-8-29(38-2)26(32)14-23/h3,6-8,13-15,17-18,20,22,33H,4-5,9-12,16H2,1-2H3,(H,35,37). The number of pyridine rings is 1. The van der Waals surface area contributed by atoms with E-state index in [0.717, 1.165) is 73.6 Å². The molecular weight excluding hydrogens is 511 g/mol. The summed E-state index contributed by atoms with van der Waals surface area (Å²) in [5.74, 6) is 1.01. The zero-order chi connectivity index (χ0) is 27.6. The van der Waals surface area contributed by atoms with E-state index in [0.29, 0.717) is 29.0 Å². The third-order valence-electron chi connectivity index (χ3n) is 7.54. The maximum absolute atomic E-state index is 14.4. The molecule has 0 unspecified atom stereocenters. The Morgan fingerprint density at radius 3 is 2.65 bits per heavy atom. The quantitative estimate of drug-likeness (QED) is 0.270. The molecule has 1 saturated carbocycles. The maximum atomic E-state index is 14.4. The highest BCUT2D eigenvalue weighted by atomic mass is 19.1. The van der Waals surface area contributed by atoms with E-state index in [9.17, 15) is 9.18 Å². The minimum absolute atomic E-state index is 0.0355. The molecule has 1 amide bonds. The fraction of sp³-hybridized carbons (Fsp3) is 0.355. The van der Waals surface area contributed by atoms with Crippen molar-refractivity contribution in [2.75, 3.05) is 32.2 Å². The molecule has 8 nitrogen and oxygen atoms in total. The Hall–Kier alpha value is -4.11.